The number of hydrogen-bond donors (Lipinski definition) is 3. The van der Waals surface area contributed by atoms with E-state index in [2.05, 4.69) is 10.6 Å². The number of primary amides is 1. The summed E-state index contributed by atoms with van der Waals surface area (Å²) in [7, 11) is 0. The van der Waals surface area contributed by atoms with Gasteiger partial charge in [-0.05, 0) is 24.6 Å². The summed E-state index contributed by atoms with van der Waals surface area (Å²) in [6.07, 6.45) is 0. The lowest BCUT2D eigenvalue weighted by atomic mass is 10.1. The zero-order chi connectivity index (χ0) is 10.8. The van der Waals surface area contributed by atoms with Crippen molar-refractivity contribution in [1.82, 2.24) is 5.32 Å². The lowest BCUT2D eigenvalue weighted by Gasteiger charge is -2.29. The second kappa shape index (κ2) is 3.90. The molecular weight excluding hydrogens is 190 g/mol. The highest BCUT2D eigenvalue weighted by Gasteiger charge is 2.16. The van der Waals surface area contributed by atoms with Crippen LogP contribution < -0.4 is 16.4 Å². The van der Waals surface area contributed by atoms with E-state index >= 15 is 0 Å². The van der Waals surface area contributed by atoms with Gasteiger partial charge in [-0.25, -0.2) is 0 Å². The molecule has 1 amide bonds. The van der Waals surface area contributed by atoms with Gasteiger partial charge in [-0.1, -0.05) is 6.07 Å². The maximum Gasteiger partial charge on any atom is 0.249 e. The molecule has 0 bridgehead atoms. The fourth-order valence-corrected chi connectivity index (χ4v) is 1.60. The molecule has 0 atom stereocenters. The van der Waals surface area contributed by atoms with Crippen molar-refractivity contribution in [2.24, 2.45) is 5.73 Å². The summed E-state index contributed by atoms with van der Waals surface area (Å²) in [5.41, 5.74) is 7.75. The molecule has 1 saturated heterocycles. The topological polar surface area (TPSA) is 67.2 Å². The van der Waals surface area contributed by atoms with E-state index in [1.807, 2.05) is 25.1 Å². The molecule has 0 aromatic heterocycles. The van der Waals surface area contributed by atoms with Crippen molar-refractivity contribution in [1.29, 1.82) is 0 Å². The maximum absolute atomic E-state index is 11.1. The standard InChI is InChI=1S/C11H15N3O/c1-7-2-3-8(4-10(7)11(12)15)14-9-5-13-6-9/h2-4,9,13-14H,5-6H2,1H3,(H2,12,15). The van der Waals surface area contributed by atoms with Crippen molar-refractivity contribution in [2.75, 3.05) is 18.4 Å². The van der Waals surface area contributed by atoms with E-state index in [0.29, 0.717) is 11.6 Å². The van der Waals surface area contributed by atoms with Crippen LogP contribution in [0.2, 0.25) is 0 Å². The smallest absolute Gasteiger partial charge is 0.249 e. The fourth-order valence-electron chi connectivity index (χ4n) is 1.60. The van der Waals surface area contributed by atoms with Crippen LogP contribution in [-0.2, 0) is 0 Å². The molecule has 4 heteroatoms. The fraction of sp³-hybridized carbons (Fsp3) is 0.364. The van der Waals surface area contributed by atoms with Crippen molar-refractivity contribution in [3.05, 3.63) is 29.3 Å². The van der Waals surface area contributed by atoms with Crippen LogP contribution in [-0.4, -0.2) is 25.0 Å². The van der Waals surface area contributed by atoms with Gasteiger partial charge >= 0.3 is 0 Å². The Morgan fingerprint density at radius 1 is 1.53 bits per heavy atom. The minimum atomic E-state index is -0.372. The molecule has 1 aliphatic heterocycles. The number of nitrogens with two attached hydrogens (primary N) is 1. The number of rotatable bonds is 3. The Kier molecular flexibility index (Phi) is 2.60. The van der Waals surface area contributed by atoms with Crippen LogP contribution >= 0.6 is 0 Å². The summed E-state index contributed by atoms with van der Waals surface area (Å²) in [4.78, 5) is 11.1. The number of carbonyl (C=O) groups excluding carboxylic acids is 1. The lowest BCUT2D eigenvalue weighted by molar-refractivity contribution is 0.1000. The van der Waals surface area contributed by atoms with Crippen molar-refractivity contribution in [2.45, 2.75) is 13.0 Å². The highest BCUT2D eigenvalue weighted by Crippen LogP contribution is 2.16. The highest BCUT2D eigenvalue weighted by atomic mass is 16.1. The number of carbonyl (C=O) groups is 1. The zero-order valence-corrected chi connectivity index (χ0v) is 8.71. The predicted molar refractivity (Wildman–Crippen MR) is 60.0 cm³/mol. The van der Waals surface area contributed by atoms with Gasteiger partial charge in [-0.2, -0.15) is 0 Å². The zero-order valence-electron chi connectivity index (χ0n) is 8.71. The van der Waals surface area contributed by atoms with Gasteiger partial charge in [0.15, 0.2) is 0 Å². The molecule has 0 aliphatic carbocycles. The first kappa shape index (κ1) is 9.98. The van der Waals surface area contributed by atoms with E-state index in [4.69, 9.17) is 5.73 Å². The van der Waals surface area contributed by atoms with Gasteiger partial charge in [0.2, 0.25) is 5.91 Å². The molecule has 15 heavy (non-hydrogen) atoms. The van der Waals surface area contributed by atoms with Crippen molar-refractivity contribution in [3.8, 4) is 0 Å². The van der Waals surface area contributed by atoms with E-state index in [0.717, 1.165) is 24.3 Å². The summed E-state index contributed by atoms with van der Waals surface area (Å²) < 4.78 is 0. The van der Waals surface area contributed by atoms with E-state index in [1.165, 1.54) is 0 Å². The third kappa shape index (κ3) is 2.10. The molecule has 4 nitrogen and oxygen atoms in total. The quantitative estimate of drug-likeness (QED) is 0.672. The highest BCUT2D eigenvalue weighted by molar-refractivity contribution is 5.95. The summed E-state index contributed by atoms with van der Waals surface area (Å²) in [6, 6.07) is 6.17. The molecule has 80 valence electrons. The molecule has 0 unspecified atom stereocenters. The monoisotopic (exact) mass is 205 g/mol. The molecule has 0 radical (unpaired) electrons. The minimum absolute atomic E-state index is 0.372. The molecule has 1 aromatic carbocycles. The molecule has 1 aliphatic rings. The molecule has 1 aromatic rings. The van der Waals surface area contributed by atoms with E-state index < -0.39 is 0 Å². The molecular formula is C11H15N3O. The lowest BCUT2D eigenvalue weighted by Crippen LogP contribution is -2.51. The molecule has 1 fully saturated rings. The van der Waals surface area contributed by atoms with Gasteiger partial charge in [0.05, 0.1) is 6.04 Å². The summed E-state index contributed by atoms with van der Waals surface area (Å²) in [5, 5.41) is 6.51. The summed E-state index contributed by atoms with van der Waals surface area (Å²) in [5.74, 6) is -0.372. The van der Waals surface area contributed by atoms with Crippen molar-refractivity contribution >= 4 is 11.6 Å². The Morgan fingerprint density at radius 2 is 2.27 bits per heavy atom. The number of nitrogens with one attached hydrogen (secondary N) is 2. The number of aryl methyl sites for hydroxylation is 1. The Bertz CT molecular complexity index is 385. The first-order valence-electron chi connectivity index (χ1n) is 5.04. The Labute approximate surface area is 88.9 Å². The molecule has 1 heterocycles. The number of amides is 1. The van der Waals surface area contributed by atoms with E-state index in [-0.39, 0.29) is 5.91 Å². The van der Waals surface area contributed by atoms with Crippen LogP contribution in [0.1, 0.15) is 15.9 Å². The summed E-state index contributed by atoms with van der Waals surface area (Å²) in [6.45, 7) is 3.83. The van der Waals surface area contributed by atoms with Gasteiger partial charge in [-0.15, -0.1) is 0 Å². The second-order valence-electron chi connectivity index (χ2n) is 3.89. The SMILES string of the molecule is Cc1ccc(NC2CNC2)cc1C(N)=O. The van der Waals surface area contributed by atoms with Crippen molar-refractivity contribution in [3.63, 3.8) is 0 Å². The van der Waals surface area contributed by atoms with E-state index in [1.54, 1.807) is 0 Å². The van der Waals surface area contributed by atoms with Crippen molar-refractivity contribution < 1.29 is 4.79 Å². The number of anilines is 1. The Balaban J connectivity index is 2.17. The summed E-state index contributed by atoms with van der Waals surface area (Å²) >= 11 is 0. The normalized spacial score (nSPS) is 15.8. The first-order chi connectivity index (χ1) is 7.16. The molecule has 4 N–H and O–H groups in total. The predicted octanol–water partition coefficient (Wildman–Crippen LogP) is 0.478. The van der Waals surface area contributed by atoms with Gasteiger partial charge in [0.25, 0.3) is 0 Å². The van der Waals surface area contributed by atoms with Crippen LogP contribution in [0.3, 0.4) is 0 Å². The first-order valence-corrected chi connectivity index (χ1v) is 5.04. The van der Waals surface area contributed by atoms with Crippen LogP contribution in [0.4, 0.5) is 5.69 Å². The Hall–Kier alpha value is -1.55. The number of benzene rings is 1. The second-order valence-corrected chi connectivity index (χ2v) is 3.89. The van der Waals surface area contributed by atoms with Crippen LogP contribution in [0.25, 0.3) is 0 Å². The van der Waals surface area contributed by atoms with Crippen LogP contribution in [0.15, 0.2) is 18.2 Å². The van der Waals surface area contributed by atoms with Crippen LogP contribution in [0, 0.1) is 6.92 Å². The van der Waals surface area contributed by atoms with Gasteiger partial charge in [0, 0.05) is 24.3 Å². The van der Waals surface area contributed by atoms with Gasteiger partial charge in [-0.3, -0.25) is 4.79 Å². The van der Waals surface area contributed by atoms with Crippen LogP contribution in [0.5, 0.6) is 0 Å². The minimum Gasteiger partial charge on any atom is -0.380 e. The average molecular weight is 205 g/mol. The molecule has 2 rings (SSSR count). The maximum atomic E-state index is 11.1. The third-order valence-electron chi connectivity index (χ3n) is 2.66. The number of hydrogen-bond acceptors (Lipinski definition) is 3. The average Bonchev–Trinajstić information content (AvgIpc) is 2.13. The Morgan fingerprint density at radius 3 is 2.80 bits per heavy atom. The van der Waals surface area contributed by atoms with Gasteiger partial charge in [0.1, 0.15) is 0 Å². The van der Waals surface area contributed by atoms with Gasteiger partial charge < -0.3 is 16.4 Å². The van der Waals surface area contributed by atoms with E-state index in [9.17, 15) is 4.79 Å². The molecule has 0 spiro atoms. The molecule has 0 saturated carbocycles. The largest absolute Gasteiger partial charge is 0.380 e. The third-order valence-corrected chi connectivity index (χ3v) is 2.66.